The normalized spacial score (nSPS) is 18.5. The van der Waals surface area contributed by atoms with Crippen molar-refractivity contribution in [3.63, 3.8) is 0 Å². The molecule has 0 aromatic carbocycles. The van der Waals surface area contributed by atoms with E-state index >= 15 is 0 Å². The summed E-state index contributed by atoms with van der Waals surface area (Å²) in [5, 5.41) is 0. The van der Waals surface area contributed by atoms with Gasteiger partial charge in [-0.05, 0) is 34.6 Å². The van der Waals surface area contributed by atoms with Gasteiger partial charge in [-0.1, -0.05) is 0 Å². The SMILES string of the molecule is COC(=O)C1=C(N)C(C)(C)N(C(=O)OC(C)(C)C)C1. The Labute approximate surface area is 113 Å². The van der Waals surface area contributed by atoms with Crippen LogP contribution < -0.4 is 5.73 Å². The molecule has 0 saturated heterocycles. The van der Waals surface area contributed by atoms with Crippen LogP contribution in [0.3, 0.4) is 0 Å². The summed E-state index contributed by atoms with van der Waals surface area (Å²) < 4.78 is 9.99. The minimum absolute atomic E-state index is 0.0976. The van der Waals surface area contributed by atoms with Crippen LogP contribution >= 0.6 is 0 Å². The lowest BCUT2D eigenvalue weighted by molar-refractivity contribution is -0.136. The molecule has 1 heterocycles. The third-order valence-corrected chi connectivity index (χ3v) is 3.02. The number of esters is 1. The lowest BCUT2D eigenvalue weighted by atomic mass is 10.0. The van der Waals surface area contributed by atoms with Crippen LogP contribution in [0, 0.1) is 0 Å². The van der Waals surface area contributed by atoms with Crippen LogP contribution in [-0.4, -0.2) is 41.8 Å². The first-order valence-corrected chi connectivity index (χ1v) is 6.08. The van der Waals surface area contributed by atoms with Gasteiger partial charge in [-0.2, -0.15) is 0 Å². The largest absolute Gasteiger partial charge is 0.466 e. The highest BCUT2D eigenvalue weighted by Gasteiger charge is 2.45. The molecule has 2 N–H and O–H groups in total. The first-order valence-electron chi connectivity index (χ1n) is 6.08. The lowest BCUT2D eigenvalue weighted by Gasteiger charge is -2.34. The minimum atomic E-state index is -0.772. The zero-order valence-corrected chi connectivity index (χ0v) is 12.4. The van der Waals surface area contributed by atoms with E-state index < -0.39 is 23.2 Å². The maximum atomic E-state index is 12.1. The number of carbonyl (C=O) groups is 2. The highest BCUT2D eigenvalue weighted by atomic mass is 16.6. The number of carbonyl (C=O) groups excluding carboxylic acids is 2. The summed E-state index contributed by atoms with van der Waals surface area (Å²) in [4.78, 5) is 25.2. The molecule has 6 heteroatoms. The summed E-state index contributed by atoms with van der Waals surface area (Å²) in [6, 6.07) is 0. The number of nitrogens with zero attached hydrogens (tertiary/aromatic N) is 1. The van der Waals surface area contributed by atoms with E-state index in [-0.39, 0.29) is 6.54 Å². The fourth-order valence-electron chi connectivity index (χ4n) is 1.86. The Morgan fingerprint density at radius 1 is 1.32 bits per heavy atom. The van der Waals surface area contributed by atoms with E-state index in [9.17, 15) is 9.59 Å². The number of ether oxygens (including phenoxy) is 2. The van der Waals surface area contributed by atoms with Gasteiger partial charge in [0.25, 0.3) is 0 Å². The van der Waals surface area contributed by atoms with Crippen LogP contribution in [0.5, 0.6) is 0 Å². The van der Waals surface area contributed by atoms with Gasteiger partial charge in [0.05, 0.1) is 24.8 Å². The third kappa shape index (κ3) is 3.00. The molecule has 0 saturated carbocycles. The number of hydrogen-bond donors (Lipinski definition) is 1. The molecule has 0 aliphatic carbocycles. The molecular weight excluding hydrogens is 248 g/mol. The van der Waals surface area contributed by atoms with E-state index in [4.69, 9.17) is 10.5 Å². The molecule has 0 aromatic heterocycles. The van der Waals surface area contributed by atoms with Crippen molar-refractivity contribution in [2.24, 2.45) is 5.73 Å². The second-order valence-electron chi connectivity index (χ2n) is 6.01. The average Bonchev–Trinajstić information content (AvgIpc) is 2.48. The Kier molecular flexibility index (Phi) is 3.84. The van der Waals surface area contributed by atoms with Crippen LogP contribution in [0.4, 0.5) is 4.79 Å². The van der Waals surface area contributed by atoms with Gasteiger partial charge in [0.2, 0.25) is 0 Å². The van der Waals surface area contributed by atoms with Gasteiger partial charge < -0.3 is 15.2 Å². The minimum Gasteiger partial charge on any atom is -0.466 e. The van der Waals surface area contributed by atoms with E-state index in [1.54, 1.807) is 34.6 Å². The maximum Gasteiger partial charge on any atom is 0.411 e. The Bertz CT molecular complexity index is 432. The van der Waals surface area contributed by atoms with Gasteiger partial charge in [-0.25, -0.2) is 9.59 Å². The standard InChI is InChI=1S/C13H22N2O4/c1-12(2,3)19-11(17)15-7-8(10(16)18-6)9(14)13(15,4)5/h7,14H2,1-6H3. The number of amides is 1. The molecule has 0 aromatic rings. The molecule has 6 nitrogen and oxygen atoms in total. The number of hydrogen-bond acceptors (Lipinski definition) is 5. The third-order valence-electron chi connectivity index (χ3n) is 3.02. The van der Waals surface area contributed by atoms with Crippen LogP contribution in [0.15, 0.2) is 11.3 Å². The summed E-state index contributed by atoms with van der Waals surface area (Å²) in [5.41, 5.74) is 5.22. The fraction of sp³-hybridized carbons (Fsp3) is 0.692. The van der Waals surface area contributed by atoms with Crippen molar-refractivity contribution in [2.75, 3.05) is 13.7 Å². The molecule has 0 fully saturated rings. The number of rotatable bonds is 1. The van der Waals surface area contributed by atoms with Crippen LogP contribution in [0.1, 0.15) is 34.6 Å². The van der Waals surface area contributed by atoms with Crippen molar-refractivity contribution in [1.29, 1.82) is 0 Å². The van der Waals surface area contributed by atoms with Gasteiger partial charge in [0, 0.05) is 5.70 Å². The summed E-state index contributed by atoms with van der Waals surface area (Å²) in [6.07, 6.45) is -0.501. The summed E-state index contributed by atoms with van der Waals surface area (Å²) in [5.74, 6) is -0.517. The van der Waals surface area contributed by atoms with E-state index in [1.807, 2.05) is 0 Å². The van der Waals surface area contributed by atoms with E-state index in [0.29, 0.717) is 11.3 Å². The van der Waals surface area contributed by atoms with Crippen molar-refractivity contribution in [3.05, 3.63) is 11.3 Å². The van der Waals surface area contributed by atoms with Crippen molar-refractivity contribution in [3.8, 4) is 0 Å². The van der Waals surface area contributed by atoms with Crippen molar-refractivity contribution in [2.45, 2.75) is 45.8 Å². The molecular formula is C13H22N2O4. The molecule has 0 unspecified atom stereocenters. The van der Waals surface area contributed by atoms with E-state index in [2.05, 4.69) is 4.74 Å². The second kappa shape index (κ2) is 4.75. The van der Waals surface area contributed by atoms with Crippen molar-refractivity contribution >= 4 is 12.1 Å². The van der Waals surface area contributed by atoms with Crippen LogP contribution in [0.2, 0.25) is 0 Å². The van der Waals surface area contributed by atoms with Crippen LogP contribution in [-0.2, 0) is 14.3 Å². The lowest BCUT2D eigenvalue weighted by Crippen LogP contribution is -2.48. The topological polar surface area (TPSA) is 81.9 Å². The predicted octanol–water partition coefficient (Wildman–Crippen LogP) is 1.40. The second-order valence-corrected chi connectivity index (χ2v) is 6.01. The van der Waals surface area contributed by atoms with Crippen LogP contribution in [0.25, 0.3) is 0 Å². The average molecular weight is 270 g/mol. The molecule has 0 radical (unpaired) electrons. The zero-order chi connectivity index (χ0) is 15.0. The quantitative estimate of drug-likeness (QED) is 0.728. The van der Waals surface area contributed by atoms with Crippen molar-refractivity contribution in [1.82, 2.24) is 4.90 Å². The highest BCUT2D eigenvalue weighted by Crippen LogP contribution is 2.32. The summed E-state index contributed by atoms with van der Waals surface area (Å²) in [7, 11) is 1.28. The number of methoxy groups -OCH3 is 1. The molecule has 1 amide bonds. The molecule has 0 atom stereocenters. The molecule has 1 aliphatic heterocycles. The van der Waals surface area contributed by atoms with Gasteiger partial charge >= 0.3 is 12.1 Å². The van der Waals surface area contributed by atoms with E-state index in [0.717, 1.165) is 0 Å². The Morgan fingerprint density at radius 3 is 2.26 bits per heavy atom. The summed E-state index contributed by atoms with van der Waals surface area (Å²) >= 11 is 0. The summed E-state index contributed by atoms with van der Waals surface area (Å²) in [6.45, 7) is 8.98. The predicted molar refractivity (Wildman–Crippen MR) is 70.2 cm³/mol. The van der Waals surface area contributed by atoms with Crippen molar-refractivity contribution < 1.29 is 19.1 Å². The van der Waals surface area contributed by atoms with Gasteiger partial charge in [-0.3, -0.25) is 4.90 Å². The first-order chi connectivity index (χ1) is 8.50. The molecule has 1 rings (SSSR count). The van der Waals surface area contributed by atoms with E-state index in [1.165, 1.54) is 12.0 Å². The number of nitrogens with two attached hydrogens (primary N) is 1. The molecule has 1 aliphatic rings. The fourth-order valence-corrected chi connectivity index (χ4v) is 1.86. The van der Waals surface area contributed by atoms with Gasteiger partial charge in [-0.15, -0.1) is 0 Å². The highest BCUT2D eigenvalue weighted by molar-refractivity contribution is 5.92. The van der Waals surface area contributed by atoms with Gasteiger partial charge in [0.15, 0.2) is 0 Å². The molecule has 0 spiro atoms. The molecule has 0 bridgehead atoms. The van der Waals surface area contributed by atoms with Gasteiger partial charge in [0.1, 0.15) is 5.60 Å². The molecule has 19 heavy (non-hydrogen) atoms. The monoisotopic (exact) mass is 270 g/mol. The Balaban J connectivity index is 2.98. The Morgan fingerprint density at radius 2 is 1.84 bits per heavy atom. The smallest absolute Gasteiger partial charge is 0.411 e. The zero-order valence-electron chi connectivity index (χ0n) is 12.4. The molecule has 108 valence electrons. The first kappa shape index (κ1) is 15.3. The Hall–Kier alpha value is -1.72. The maximum absolute atomic E-state index is 12.1.